The molecule has 0 unspecified atom stereocenters. The fourth-order valence-electron chi connectivity index (χ4n) is 4.31. The lowest BCUT2D eigenvalue weighted by molar-refractivity contribution is 0.888. The SMILES string of the molecule is Cc1cc(C)c(-c2nnc3n2N=C(c2ccccc2)/C3=N/c2ccc(N(C)C)cc2)c(C)c1. The maximum absolute atomic E-state index is 4.97. The number of anilines is 1. The van der Waals surface area contributed by atoms with Crippen LogP contribution in [-0.4, -0.2) is 40.4 Å². The van der Waals surface area contributed by atoms with Crippen molar-refractivity contribution in [3.63, 3.8) is 0 Å². The van der Waals surface area contributed by atoms with Crippen LogP contribution in [0.5, 0.6) is 0 Å². The predicted molar refractivity (Wildman–Crippen MR) is 135 cm³/mol. The Bertz CT molecular complexity index is 1370. The number of hydrogen-bond donors (Lipinski definition) is 0. The minimum absolute atomic E-state index is 0.653. The Kier molecular flexibility index (Phi) is 5.13. The molecule has 0 amide bonds. The third-order valence-electron chi connectivity index (χ3n) is 5.83. The molecule has 4 aromatic rings. The van der Waals surface area contributed by atoms with Gasteiger partial charge in [0, 0.05) is 30.9 Å². The Morgan fingerprint density at radius 2 is 1.42 bits per heavy atom. The molecule has 1 aliphatic heterocycles. The Morgan fingerprint density at radius 3 is 2.06 bits per heavy atom. The molecule has 33 heavy (non-hydrogen) atoms. The van der Waals surface area contributed by atoms with Crippen LogP contribution in [0.25, 0.3) is 11.4 Å². The Balaban J connectivity index is 1.68. The molecule has 2 heterocycles. The van der Waals surface area contributed by atoms with Crippen molar-refractivity contribution in [2.24, 2.45) is 10.1 Å². The maximum Gasteiger partial charge on any atom is 0.206 e. The summed E-state index contributed by atoms with van der Waals surface area (Å²) in [5.74, 6) is 1.39. The molecule has 1 aromatic heterocycles. The van der Waals surface area contributed by atoms with Gasteiger partial charge in [-0.2, -0.15) is 9.78 Å². The van der Waals surface area contributed by atoms with Gasteiger partial charge in [-0.1, -0.05) is 48.0 Å². The predicted octanol–water partition coefficient (Wildman–Crippen LogP) is 5.32. The van der Waals surface area contributed by atoms with E-state index in [1.165, 1.54) is 5.56 Å². The summed E-state index contributed by atoms with van der Waals surface area (Å²) in [5.41, 5.74) is 9.08. The van der Waals surface area contributed by atoms with Gasteiger partial charge in [-0.3, -0.25) is 0 Å². The number of aliphatic imine (C=N–C) groups is 1. The second-order valence-electron chi connectivity index (χ2n) is 8.62. The van der Waals surface area contributed by atoms with Crippen molar-refractivity contribution < 1.29 is 0 Å². The van der Waals surface area contributed by atoms with Crippen LogP contribution in [0.2, 0.25) is 0 Å². The van der Waals surface area contributed by atoms with Crippen LogP contribution in [0, 0.1) is 20.8 Å². The molecule has 6 nitrogen and oxygen atoms in total. The van der Waals surface area contributed by atoms with Crippen LogP contribution in [0.4, 0.5) is 11.4 Å². The van der Waals surface area contributed by atoms with Gasteiger partial charge < -0.3 is 4.90 Å². The summed E-state index contributed by atoms with van der Waals surface area (Å²) in [7, 11) is 4.05. The number of aromatic nitrogens is 3. The summed E-state index contributed by atoms with van der Waals surface area (Å²) in [6.07, 6.45) is 0. The molecule has 0 radical (unpaired) electrons. The van der Waals surface area contributed by atoms with Gasteiger partial charge in [0.05, 0.1) is 5.69 Å². The van der Waals surface area contributed by atoms with E-state index in [0.29, 0.717) is 5.82 Å². The van der Waals surface area contributed by atoms with Gasteiger partial charge in [-0.25, -0.2) is 4.99 Å². The third kappa shape index (κ3) is 3.74. The lowest BCUT2D eigenvalue weighted by atomic mass is 9.99. The van der Waals surface area contributed by atoms with Gasteiger partial charge in [-0.05, 0) is 56.2 Å². The van der Waals surface area contributed by atoms with E-state index in [9.17, 15) is 0 Å². The van der Waals surface area contributed by atoms with Crippen LogP contribution >= 0.6 is 0 Å². The molecule has 0 bridgehead atoms. The molecule has 0 aliphatic carbocycles. The van der Waals surface area contributed by atoms with Crippen molar-refractivity contribution in [1.29, 1.82) is 0 Å². The highest BCUT2D eigenvalue weighted by molar-refractivity contribution is 6.54. The maximum atomic E-state index is 4.97. The molecule has 0 saturated carbocycles. The Morgan fingerprint density at radius 1 is 0.788 bits per heavy atom. The molecular formula is C27H26N6. The lowest BCUT2D eigenvalue weighted by Crippen LogP contribution is -2.13. The van der Waals surface area contributed by atoms with Gasteiger partial charge in [0.2, 0.25) is 5.82 Å². The van der Waals surface area contributed by atoms with Crippen molar-refractivity contribution >= 4 is 22.8 Å². The smallest absolute Gasteiger partial charge is 0.206 e. The molecular weight excluding hydrogens is 408 g/mol. The summed E-state index contributed by atoms with van der Waals surface area (Å²) in [6, 6.07) is 22.6. The van der Waals surface area contributed by atoms with E-state index in [-0.39, 0.29) is 0 Å². The highest BCUT2D eigenvalue weighted by atomic mass is 15.5. The standard InChI is InChI=1S/C27H26N6/c1-17-15-18(2)23(19(3)16-17)26-29-30-27-25(28-21-11-13-22(14-12-21)32(4)5)24(31-33(26)27)20-9-7-6-8-10-20/h6-16H,1-5H3/b28-25-. The summed E-state index contributed by atoms with van der Waals surface area (Å²) >= 11 is 0. The van der Waals surface area contributed by atoms with Crippen molar-refractivity contribution in [2.45, 2.75) is 20.8 Å². The van der Waals surface area contributed by atoms with E-state index in [4.69, 9.17) is 10.1 Å². The lowest BCUT2D eigenvalue weighted by Gasteiger charge is -2.11. The quantitative estimate of drug-likeness (QED) is 0.437. The van der Waals surface area contributed by atoms with Gasteiger partial charge in [0.15, 0.2) is 5.82 Å². The number of fused-ring (bicyclic) bond motifs is 1. The zero-order valence-electron chi connectivity index (χ0n) is 19.5. The molecule has 3 aromatic carbocycles. The first-order valence-corrected chi connectivity index (χ1v) is 11.0. The number of nitrogens with zero attached hydrogens (tertiary/aromatic N) is 6. The normalized spacial score (nSPS) is 13.8. The van der Waals surface area contributed by atoms with Crippen LogP contribution in [0.1, 0.15) is 28.1 Å². The second-order valence-corrected chi connectivity index (χ2v) is 8.62. The summed E-state index contributed by atoms with van der Waals surface area (Å²) in [4.78, 5) is 7.04. The molecule has 0 saturated heterocycles. The fraction of sp³-hybridized carbons (Fsp3) is 0.185. The zero-order chi connectivity index (χ0) is 23.1. The van der Waals surface area contributed by atoms with Crippen LogP contribution in [0.3, 0.4) is 0 Å². The van der Waals surface area contributed by atoms with Crippen LogP contribution in [-0.2, 0) is 0 Å². The molecule has 6 heteroatoms. The fourth-order valence-corrected chi connectivity index (χ4v) is 4.31. The van der Waals surface area contributed by atoms with E-state index in [2.05, 4.69) is 60.1 Å². The number of benzene rings is 3. The van der Waals surface area contributed by atoms with Gasteiger partial charge in [-0.15, -0.1) is 10.2 Å². The average molecular weight is 435 g/mol. The number of hydrogen-bond acceptors (Lipinski definition) is 5. The Labute approximate surface area is 193 Å². The minimum Gasteiger partial charge on any atom is -0.378 e. The van der Waals surface area contributed by atoms with E-state index in [0.717, 1.165) is 50.9 Å². The molecule has 1 aliphatic rings. The van der Waals surface area contributed by atoms with Crippen molar-refractivity contribution in [1.82, 2.24) is 14.9 Å². The highest BCUT2D eigenvalue weighted by Crippen LogP contribution is 2.31. The first-order valence-electron chi connectivity index (χ1n) is 11.0. The summed E-state index contributed by atoms with van der Waals surface area (Å²) in [6.45, 7) is 6.32. The molecule has 164 valence electrons. The first-order chi connectivity index (χ1) is 15.9. The molecule has 5 rings (SSSR count). The van der Waals surface area contributed by atoms with Gasteiger partial charge >= 0.3 is 0 Å². The topological polar surface area (TPSA) is 58.7 Å². The first kappa shape index (κ1) is 20.8. The van der Waals surface area contributed by atoms with Gasteiger partial charge in [0.25, 0.3) is 0 Å². The number of rotatable bonds is 4. The molecule has 0 atom stereocenters. The number of aryl methyl sites for hydroxylation is 3. The van der Waals surface area contributed by atoms with Gasteiger partial charge in [0.1, 0.15) is 11.4 Å². The third-order valence-corrected chi connectivity index (χ3v) is 5.83. The second kappa shape index (κ2) is 8.13. The van der Waals surface area contributed by atoms with Crippen LogP contribution < -0.4 is 4.90 Å². The van der Waals surface area contributed by atoms with Crippen molar-refractivity contribution in [2.75, 3.05) is 19.0 Å². The summed E-state index contributed by atoms with van der Waals surface area (Å²) in [5, 5.41) is 14.0. The summed E-state index contributed by atoms with van der Waals surface area (Å²) < 4.78 is 1.83. The van der Waals surface area contributed by atoms with Crippen molar-refractivity contribution in [3.8, 4) is 11.4 Å². The van der Waals surface area contributed by atoms with E-state index < -0.39 is 0 Å². The average Bonchev–Trinajstić information content (AvgIpc) is 3.35. The Hall–Kier alpha value is -4.06. The highest BCUT2D eigenvalue weighted by Gasteiger charge is 2.30. The van der Waals surface area contributed by atoms with E-state index >= 15 is 0 Å². The van der Waals surface area contributed by atoms with Crippen molar-refractivity contribution in [3.05, 3.63) is 94.8 Å². The molecule has 0 fully saturated rings. The largest absolute Gasteiger partial charge is 0.378 e. The molecule has 0 spiro atoms. The minimum atomic E-state index is 0.653. The van der Waals surface area contributed by atoms with E-state index in [1.807, 2.05) is 61.2 Å². The van der Waals surface area contributed by atoms with E-state index in [1.54, 1.807) is 0 Å². The molecule has 0 N–H and O–H groups in total. The monoisotopic (exact) mass is 434 g/mol. The zero-order valence-corrected chi connectivity index (χ0v) is 19.5. The van der Waals surface area contributed by atoms with Crippen LogP contribution in [0.15, 0.2) is 76.8 Å².